The molecule has 0 bridgehead atoms. The third kappa shape index (κ3) is 4.00. The first-order valence-electron chi connectivity index (χ1n) is 7.76. The summed E-state index contributed by atoms with van der Waals surface area (Å²) in [5, 5.41) is 9.95. The van der Waals surface area contributed by atoms with Gasteiger partial charge in [-0.3, -0.25) is 10.7 Å². The monoisotopic (exact) mass is 299 g/mol. The van der Waals surface area contributed by atoms with Crippen LogP contribution < -0.4 is 5.48 Å². The van der Waals surface area contributed by atoms with E-state index in [1.165, 1.54) is 10.9 Å². The van der Waals surface area contributed by atoms with Crippen molar-refractivity contribution in [3.8, 4) is 0 Å². The fourth-order valence-corrected chi connectivity index (χ4v) is 2.54. The van der Waals surface area contributed by atoms with Gasteiger partial charge in [-0.25, -0.2) is 0 Å². The van der Waals surface area contributed by atoms with Crippen LogP contribution in [-0.2, 0) is 6.54 Å². The number of likely N-dealkylation sites (N-methyl/N-ethyl adjacent to an activating group) is 1. The second-order valence-corrected chi connectivity index (χ2v) is 5.32. The molecule has 0 aliphatic carbocycles. The first-order chi connectivity index (χ1) is 10.7. The number of hydroxylamine groups is 1. The molecule has 0 aliphatic rings. The molecule has 0 amide bonds. The zero-order valence-corrected chi connectivity index (χ0v) is 13.4. The number of hydrogen-bond acceptors (Lipinski definition) is 3. The molecule has 4 heteroatoms. The lowest BCUT2D eigenvalue weighted by atomic mass is 10.1. The summed E-state index contributed by atoms with van der Waals surface area (Å²) in [6.07, 6.45) is 5.83. The number of benzene rings is 1. The van der Waals surface area contributed by atoms with Gasteiger partial charge in [0.25, 0.3) is 0 Å². The third-order valence-corrected chi connectivity index (χ3v) is 3.97. The topological polar surface area (TPSA) is 40.4 Å². The first kappa shape index (κ1) is 16.3. The van der Waals surface area contributed by atoms with Crippen molar-refractivity contribution in [1.82, 2.24) is 14.9 Å². The Bertz CT molecular complexity index is 653. The second kappa shape index (κ2) is 7.82. The molecule has 0 saturated heterocycles. The minimum atomic E-state index is 0.469. The second-order valence-electron chi connectivity index (χ2n) is 5.32. The van der Waals surface area contributed by atoms with Crippen molar-refractivity contribution < 1.29 is 5.21 Å². The molecule has 0 aliphatic heterocycles. The van der Waals surface area contributed by atoms with Crippen LogP contribution >= 0.6 is 0 Å². The van der Waals surface area contributed by atoms with Crippen molar-refractivity contribution in [1.29, 1.82) is 0 Å². The molecule has 118 valence electrons. The Morgan fingerprint density at radius 1 is 1.32 bits per heavy atom. The first-order valence-corrected chi connectivity index (χ1v) is 7.76. The maximum absolute atomic E-state index is 8.72. The van der Waals surface area contributed by atoms with Crippen molar-refractivity contribution in [2.45, 2.75) is 20.4 Å². The van der Waals surface area contributed by atoms with Crippen LogP contribution in [0.1, 0.15) is 19.4 Å². The lowest BCUT2D eigenvalue weighted by Crippen LogP contribution is -2.26. The summed E-state index contributed by atoms with van der Waals surface area (Å²) in [6, 6.07) is 8.52. The van der Waals surface area contributed by atoms with Gasteiger partial charge in [-0.2, -0.15) is 0 Å². The van der Waals surface area contributed by atoms with Crippen molar-refractivity contribution in [3.05, 3.63) is 54.4 Å². The molecule has 0 radical (unpaired) electrons. The minimum absolute atomic E-state index is 0.469. The standard InChI is InChI=1S/C18H25N3O/c1-4-20(5-2)12-13-21-11-10-17-14-16(8-9-18(17)21)7-6-15(3)19-22/h6-11,14,19,22H,3-5,12-13H2,1-2H3/b7-6+. The van der Waals surface area contributed by atoms with Gasteiger partial charge in [0.15, 0.2) is 0 Å². The molecule has 2 rings (SSSR count). The lowest BCUT2D eigenvalue weighted by Gasteiger charge is -2.18. The number of rotatable bonds is 8. The smallest absolute Gasteiger partial charge is 0.0530 e. The molecule has 0 fully saturated rings. The molecule has 22 heavy (non-hydrogen) atoms. The van der Waals surface area contributed by atoms with Crippen LogP contribution in [0.4, 0.5) is 0 Å². The molecule has 2 aromatic rings. The summed E-state index contributed by atoms with van der Waals surface area (Å²) in [5.41, 5.74) is 4.84. The van der Waals surface area contributed by atoms with Gasteiger partial charge in [0, 0.05) is 30.2 Å². The van der Waals surface area contributed by atoms with Crippen LogP contribution in [0, 0.1) is 0 Å². The predicted molar refractivity (Wildman–Crippen MR) is 92.8 cm³/mol. The summed E-state index contributed by atoms with van der Waals surface area (Å²) < 4.78 is 2.30. The highest BCUT2D eigenvalue weighted by Gasteiger charge is 2.04. The molecule has 4 nitrogen and oxygen atoms in total. The van der Waals surface area contributed by atoms with E-state index in [0.717, 1.165) is 31.7 Å². The van der Waals surface area contributed by atoms with Crippen LogP contribution in [0.2, 0.25) is 0 Å². The van der Waals surface area contributed by atoms with E-state index in [0.29, 0.717) is 5.70 Å². The van der Waals surface area contributed by atoms with Gasteiger partial charge in [0.2, 0.25) is 0 Å². The third-order valence-electron chi connectivity index (χ3n) is 3.97. The van der Waals surface area contributed by atoms with Gasteiger partial charge < -0.3 is 9.47 Å². The Morgan fingerprint density at radius 2 is 2.09 bits per heavy atom. The van der Waals surface area contributed by atoms with E-state index in [1.54, 1.807) is 6.08 Å². The van der Waals surface area contributed by atoms with Gasteiger partial charge in [0.1, 0.15) is 0 Å². The van der Waals surface area contributed by atoms with Crippen LogP contribution in [-0.4, -0.2) is 34.3 Å². The number of fused-ring (bicyclic) bond motifs is 1. The minimum Gasteiger partial charge on any atom is -0.346 e. The van der Waals surface area contributed by atoms with Crippen molar-refractivity contribution in [2.75, 3.05) is 19.6 Å². The van der Waals surface area contributed by atoms with Gasteiger partial charge in [-0.1, -0.05) is 32.6 Å². The maximum Gasteiger partial charge on any atom is 0.0530 e. The molecule has 0 saturated carbocycles. The van der Waals surface area contributed by atoms with E-state index in [1.807, 2.05) is 11.6 Å². The normalized spacial score (nSPS) is 11.6. The molecular formula is C18H25N3O. The Kier molecular flexibility index (Phi) is 5.81. The van der Waals surface area contributed by atoms with Gasteiger partial charge in [0.05, 0.1) is 5.70 Å². The van der Waals surface area contributed by atoms with E-state index in [2.05, 4.69) is 60.4 Å². The Balaban J connectivity index is 2.13. The van der Waals surface area contributed by atoms with Crippen LogP contribution in [0.25, 0.3) is 17.0 Å². The zero-order chi connectivity index (χ0) is 15.9. The molecule has 1 aromatic carbocycles. The Hall–Kier alpha value is -2.04. The number of aromatic nitrogens is 1. The largest absolute Gasteiger partial charge is 0.346 e. The molecule has 1 heterocycles. The zero-order valence-electron chi connectivity index (χ0n) is 13.4. The van der Waals surface area contributed by atoms with E-state index in [-0.39, 0.29) is 0 Å². The fourth-order valence-electron chi connectivity index (χ4n) is 2.54. The molecule has 2 N–H and O–H groups in total. The van der Waals surface area contributed by atoms with Crippen LogP contribution in [0.3, 0.4) is 0 Å². The van der Waals surface area contributed by atoms with E-state index < -0.39 is 0 Å². The molecule has 0 atom stereocenters. The number of hydrogen-bond donors (Lipinski definition) is 2. The lowest BCUT2D eigenvalue weighted by molar-refractivity contribution is 0.205. The molecule has 0 unspecified atom stereocenters. The average Bonchev–Trinajstić information content (AvgIpc) is 2.96. The fraction of sp³-hybridized carbons (Fsp3) is 0.333. The Morgan fingerprint density at radius 3 is 2.77 bits per heavy atom. The van der Waals surface area contributed by atoms with Crippen LogP contribution in [0.5, 0.6) is 0 Å². The molecule has 1 aromatic heterocycles. The quantitative estimate of drug-likeness (QED) is 0.579. The molecular weight excluding hydrogens is 274 g/mol. The highest BCUT2D eigenvalue weighted by atomic mass is 16.5. The number of nitrogens with zero attached hydrogens (tertiary/aromatic N) is 2. The number of allylic oxidation sites excluding steroid dienone is 1. The van der Waals surface area contributed by atoms with Crippen molar-refractivity contribution >= 4 is 17.0 Å². The van der Waals surface area contributed by atoms with E-state index >= 15 is 0 Å². The summed E-state index contributed by atoms with van der Waals surface area (Å²) >= 11 is 0. The SMILES string of the molecule is C=C(/C=C/c1ccc2c(ccn2CCN(CC)CC)c1)NO. The van der Waals surface area contributed by atoms with Gasteiger partial charge >= 0.3 is 0 Å². The van der Waals surface area contributed by atoms with E-state index in [9.17, 15) is 0 Å². The summed E-state index contributed by atoms with van der Waals surface area (Å²) in [4.78, 5) is 2.43. The summed E-state index contributed by atoms with van der Waals surface area (Å²) in [5.74, 6) is 0. The number of nitrogens with one attached hydrogen (secondary N) is 1. The summed E-state index contributed by atoms with van der Waals surface area (Å²) in [6.45, 7) is 12.3. The maximum atomic E-state index is 8.72. The highest BCUT2D eigenvalue weighted by molar-refractivity contribution is 5.82. The average molecular weight is 299 g/mol. The highest BCUT2D eigenvalue weighted by Crippen LogP contribution is 2.19. The molecule has 0 spiro atoms. The van der Waals surface area contributed by atoms with Crippen LogP contribution in [0.15, 0.2) is 48.8 Å². The van der Waals surface area contributed by atoms with Gasteiger partial charge in [-0.05, 0) is 42.9 Å². The summed E-state index contributed by atoms with van der Waals surface area (Å²) in [7, 11) is 0. The van der Waals surface area contributed by atoms with Crippen molar-refractivity contribution in [3.63, 3.8) is 0 Å². The predicted octanol–water partition coefficient (Wildman–Crippen LogP) is 3.49. The van der Waals surface area contributed by atoms with E-state index in [4.69, 9.17) is 5.21 Å². The van der Waals surface area contributed by atoms with Gasteiger partial charge in [-0.15, -0.1) is 0 Å². The van der Waals surface area contributed by atoms with Crippen molar-refractivity contribution in [2.24, 2.45) is 0 Å². The Labute approximate surface area is 132 Å².